The Morgan fingerprint density at radius 3 is 2.50 bits per heavy atom. The van der Waals surface area contributed by atoms with Crippen LogP contribution in [0.5, 0.6) is 0 Å². The first-order valence-corrected chi connectivity index (χ1v) is 12.2. The van der Waals surface area contributed by atoms with E-state index in [2.05, 4.69) is 9.97 Å². The fraction of sp³-hybridized carbons (Fsp3) is 0.348. The van der Waals surface area contributed by atoms with Gasteiger partial charge in [0.05, 0.1) is 27.9 Å². The van der Waals surface area contributed by atoms with Crippen molar-refractivity contribution in [3.05, 3.63) is 70.3 Å². The number of hydrogen-bond acceptors (Lipinski definition) is 5. The number of aromatic amines is 1. The molecule has 1 fully saturated rings. The quantitative estimate of drug-likeness (QED) is 0.617. The number of amides is 1. The van der Waals surface area contributed by atoms with Gasteiger partial charge in [0.1, 0.15) is 5.82 Å². The Hall–Kier alpha value is -3.04. The maximum Gasteiger partial charge on any atom is 0.258 e. The molecule has 1 N–H and O–H groups in total. The zero-order valence-corrected chi connectivity index (χ0v) is 18.8. The van der Waals surface area contributed by atoms with Crippen LogP contribution < -0.4 is 5.56 Å². The third kappa shape index (κ3) is 4.31. The molecular weight excluding hydrogens is 428 g/mol. The smallest absolute Gasteiger partial charge is 0.258 e. The first kappa shape index (κ1) is 22.2. The van der Waals surface area contributed by atoms with Crippen molar-refractivity contribution in [3.63, 3.8) is 0 Å². The van der Waals surface area contributed by atoms with Crippen LogP contribution in [0.2, 0.25) is 0 Å². The Balaban J connectivity index is 1.66. The fourth-order valence-corrected chi connectivity index (χ4v) is 5.70. The Morgan fingerprint density at radius 1 is 1.06 bits per heavy atom. The monoisotopic (exact) mass is 454 g/mol. The van der Waals surface area contributed by atoms with Gasteiger partial charge in [-0.15, -0.1) is 0 Å². The second-order valence-corrected chi connectivity index (χ2v) is 9.72. The van der Waals surface area contributed by atoms with Crippen molar-refractivity contribution in [1.82, 2.24) is 19.2 Å². The molecule has 1 amide bonds. The van der Waals surface area contributed by atoms with Crippen LogP contribution in [0.15, 0.2) is 58.2 Å². The number of aromatic nitrogens is 2. The second-order valence-electron chi connectivity index (χ2n) is 7.81. The number of carbonyl (C=O) groups is 1. The topological polar surface area (TPSA) is 103 Å². The summed E-state index contributed by atoms with van der Waals surface area (Å²) in [5, 5.41) is 0.476. The van der Waals surface area contributed by atoms with Gasteiger partial charge in [-0.25, -0.2) is 13.4 Å². The molecule has 1 saturated heterocycles. The SMILES string of the molecule is CCN(Cc1nc2ccccc2c(=O)[nH]1)C(=O)c1ccccc1S(=O)(=O)N1CCCCC1. The molecule has 1 aromatic heterocycles. The molecule has 4 rings (SSSR count). The molecular formula is C23H26N4O4S. The lowest BCUT2D eigenvalue weighted by molar-refractivity contribution is 0.0744. The van der Waals surface area contributed by atoms with E-state index >= 15 is 0 Å². The van der Waals surface area contributed by atoms with Crippen LogP contribution in [-0.4, -0.2) is 53.1 Å². The predicted octanol–water partition coefficient (Wildman–Crippen LogP) is 2.76. The number of nitrogens with one attached hydrogen (secondary N) is 1. The van der Waals surface area contributed by atoms with Gasteiger partial charge in [0.15, 0.2) is 0 Å². The second kappa shape index (κ2) is 9.22. The van der Waals surface area contributed by atoms with E-state index in [1.165, 1.54) is 15.3 Å². The van der Waals surface area contributed by atoms with Gasteiger partial charge in [-0.2, -0.15) is 4.31 Å². The number of fused-ring (bicyclic) bond motifs is 1. The lowest BCUT2D eigenvalue weighted by Gasteiger charge is -2.27. The fourth-order valence-electron chi connectivity index (χ4n) is 4.00. The minimum absolute atomic E-state index is 0.0188. The summed E-state index contributed by atoms with van der Waals surface area (Å²) in [6.45, 7) is 3.12. The molecule has 0 radical (unpaired) electrons. The minimum Gasteiger partial charge on any atom is -0.331 e. The molecule has 8 nitrogen and oxygen atoms in total. The summed E-state index contributed by atoms with van der Waals surface area (Å²) in [5.41, 5.74) is 0.396. The number of H-pyrrole nitrogens is 1. The summed E-state index contributed by atoms with van der Waals surface area (Å²) < 4.78 is 28.0. The van der Waals surface area contributed by atoms with Crippen molar-refractivity contribution in [2.75, 3.05) is 19.6 Å². The first-order valence-electron chi connectivity index (χ1n) is 10.8. The molecule has 1 aliphatic heterocycles. The number of nitrogens with zero attached hydrogens (tertiary/aromatic N) is 3. The van der Waals surface area contributed by atoms with Gasteiger partial charge in [-0.3, -0.25) is 9.59 Å². The van der Waals surface area contributed by atoms with E-state index in [1.807, 2.05) is 0 Å². The van der Waals surface area contributed by atoms with Crippen LogP contribution in [0.25, 0.3) is 10.9 Å². The number of para-hydroxylation sites is 1. The number of piperidine rings is 1. The maximum atomic E-state index is 13.4. The van der Waals surface area contributed by atoms with Crippen LogP contribution in [-0.2, 0) is 16.6 Å². The third-order valence-corrected chi connectivity index (χ3v) is 7.68. The maximum absolute atomic E-state index is 13.4. The molecule has 1 aliphatic rings. The molecule has 32 heavy (non-hydrogen) atoms. The van der Waals surface area contributed by atoms with E-state index in [0.717, 1.165) is 19.3 Å². The van der Waals surface area contributed by atoms with Gasteiger partial charge < -0.3 is 9.88 Å². The summed E-state index contributed by atoms with van der Waals surface area (Å²) in [5.74, 6) is -0.0697. The molecule has 3 aromatic rings. The van der Waals surface area contributed by atoms with E-state index in [4.69, 9.17) is 0 Å². The van der Waals surface area contributed by atoms with E-state index < -0.39 is 15.9 Å². The lowest BCUT2D eigenvalue weighted by atomic mass is 10.2. The highest BCUT2D eigenvalue weighted by Gasteiger charge is 2.31. The van der Waals surface area contributed by atoms with Gasteiger partial charge in [-0.05, 0) is 44.0 Å². The van der Waals surface area contributed by atoms with Crippen molar-refractivity contribution in [2.45, 2.75) is 37.6 Å². The minimum atomic E-state index is -3.78. The molecule has 0 bridgehead atoms. The van der Waals surface area contributed by atoms with Crippen molar-refractivity contribution in [3.8, 4) is 0 Å². The highest BCUT2D eigenvalue weighted by molar-refractivity contribution is 7.89. The predicted molar refractivity (Wildman–Crippen MR) is 122 cm³/mol. The normalized spacial score (nSPS) is 15.0. The summed E-state index contributed by atoms with van der Waals surface area (Å²) in [6, 6.07) is 13.3. The van der Waals surface area contributed by atoms with Gasteiger partial charge in [0.25, 0.3) is 11.5 Å². The number of carbonyl (C=O) groups excluding carboxylic acids is 1. The highest BCUT2D eigenvalue weighted by atomic mass is 32.2. The van der Waals surface area contributed by atoms with Crippen molar-refractivity contribution < 1.29 is 13.2 Å². The molecule has 168 valence electrons. The van der Waals surface area contributed by atoms with Crippen LogP contribution in [0.3, 0.4) is 0 Å². The van der Waals surface area contributed by atoms with Crippen molar-refractivity contribution >= 4 is 26.8 Å². The number of sulfonamides is 1. The van der Waals surface area contributed by atoms with Crippen molar-refractivity contribution in [2.24, 2.45) is 0 Å². The van der Waals surface area contributed by atoms with E-state index in [1.54, 1.807) is 49.4 Å². The number of rotatable bonds is 6. The van der Waals surface area contributed by atoms with Crippen LogP contribution in [0.1, 0.15) is 42.4 Å². The van der Waals surface area contributed by atoms with Crippen molar-refractivity contribution in [1.29, 1.82) is 0 Å². The summed E-state index contributed by atoms with van der Waals surface area (Å²) >= 11 is 0. The van der Waals surface area contributed by atoms with Gasteiger partial charge in [0.2, 0.25) is 10.0 Å². The Morgan fingerprint density at radius 2 is 1.75 bits per heavy atom. The van der Waals surface area contributed by atoms with Gasteiger partial charge >= 0.3 is 0 Å². The van der Waals surface area contributed by atoms with E-state index in [-0.39, 0.29) is 22.6 Å². The Bertz CT molecular complexity index is 1300. The standard InChI is InChI=1S/C23H26N4O4S/c1-2-26(16-21-24-19-12-6-4-10-17(19)22(28)25-21)23(29)18-11-5-7-13-20(18)32(30,31)27-14-8-3-9-15-27/h4-7,10-13H,2-3,8-9,14-16H2,1H3,(H,24,25,28). The average molecular weight is 455 g/mol. The highest BCUT2D eigenvalue weighted by Crippen LogP contribution is 2.25. The number of benzene rings is 2. The molecule has 0 atom stereocenters. The van der Waals surface area contributed by atoms with E-state index in [9.17, 15) is 18.0 Å². The summed E-state index contributed by atoms with van der Waals surface area (Å²) in [4.78, 5) is 34.5. The first-order chi connectivity index (χ1) is 15.4. The van der Waals surface area contributed by atoms with Crippen LogP contribution in [0, 0.1) is 0 Å². The summed E-state index contributed by atoms with van der Waals surface area (Å²) in [7, 11) is -3.78. The number of hydrogen-bond donors (Lipinski definition) is 1. The molecule has 0 spiro atoms. The average Bonchev–Trinajstić information content (AvgIpc) is 2.82. The van der Waals surface area contributed by atoms with Crippen LogP contribution in [0.4, 0.5) is 0 Å². The van der Waals surface area contributed by atoms with Gasteiger partial charge in [0, 0.05) is 19.6 Å². The zero-order valence-electron chi connectivity index (χ0n) is 18.0. The third-order valence-electron chi connectivity index (χ3n) is 5.72. The van der Waals surface area contributed by atoms with Crippen LogP contribution >= 0.6 is 0 Å². The molecule has 9 heteroatoms. The largest absolute Gasteiger partial charge is 0.331 e. The Labute approximate surface area is 186 Å². The van der Waals surface area contributed by atoms with Gasteiger partial charge in [-0.1, -0.05) is 30.7 Å². The molecule has 2 aromatic carbocycles. The molecule has 0 aliphatic carbocycles. The molecule has 0 saturated carbocycles. The Kier molecular flexibility index (Phi) is 6.38. The van der Waals surface area contributed by atoms with E-state index in [0.29, 0.717) is 36.4 Å². The molecule has 0 unspecified atom stereocenters. The zero-order chi connectivity index (χ0) is 22.7. The summed E-state index contributed by atoms with van der Waals surface area (Å²) in [6.07, 6.45) is 2.64. The molecule has 2 heterocycles. The lowest BCUT2D eigenvalue weighted by Crippen LogP contribution is -2.38.